The van der Waals surface area contributed by atoms with Gasteiger partial charge >= 0.3 is 5.97 Å². The lowest BCUT2D eigenvalue weighted by Gasteiger charge is -2.18. The van der Waals surface area contributed by atoms with Gasteiger partial charge in [-0.15, -0.1) is 0 Å². The van der Waals surface area contributed by atoms with Crippen LogP contribution in [0.2, 0.25) is 0 Å². The number of hydrogen-bond acceptors (Lipinski definition) is 2. The van der Waals surface area contributed by atoms with E-state index in [2.05, 4.69) is 17.5 Å². The summed E-state index contributed by atoms with van der Waals surface area (Å²) in [6, 6.07) is 0. The van der Waals surface area contributed by atoms with Crippen LogP contribution in [0.1, 0.15) is 19.3 Å². The van der Waals surface area contributed by atoms with Crippen molar-refractivity contribution in [2.45, 2.75) is 19.3 Å². The van der Waals surface area contributed by atoms with Crippen LogP contribution in [0.5, 0.6) is 0 Å². The Balaban J connectivity index is 1.63. The molecule has 0 heterocycles. The molecular weight excluding hydrogens is 178 g/mol. The number of nitrogens with one attached hydrogen (secondary N) is 1. The van der Waals surface area contributed by atoms with Gasteiger partial charge in [-0.3, -0.25) is 4.79 Å². The molecular formula is C11H17NO2. The molecule has 0 radical (unpaired) electrons. The lowest BCUT2D eigenvalue weighted by atomic mass is 9.94. The molecule has 0 amide bonds. The van der Waals surface area contributed by atoms with E-state index >= 15 is 0 Å². The van der Waals surface area contributed by atoms with Crippen molar-refractivity contribution in [3.05, 3.63) is 12.2 Å². The van der Waals surface area contributed by atoms with E-state index in [0.717, 1.165) is 24.3 Å². The monoisotopic (exact) mass is 195 g/mol. The van der Waals surface area contributed by atoms with Crippen molar-refractivity contribution < 1.29 is 9.90 Å². The Morgan fingerprint density at radius 3 is 2.86 bits per heavy atom. The lowest BCUT2D eigenvalue weighted by Crippen LogP contribution is -2.27. The molecule has 14 heavy (non-hydrogen) atoms. The highest BCUT2D eigenvalue weighted by Gasteiger charge is 2.34. The number of rotatable bonds is 5. The van der Waals surface area contributed by atoms with Crippen LogP contribution < -0.4 is 5.32 Å². The topological polar surface area (TPSA) is 49.3 Å². The van der Waals surface area contributed by atoms with Crippen molar-refractivity contribution in [2.75, 3.05) is 13.1 Å². The van der Waals surface area contributed by atoms with Crippen LogP contribution in [-0.4, -0.2) is 24.2 Å². The third-order valence-corrected chi connectivity index (χ3v) is 3.34. The zero-order chi connectivity index (χ0) is 9.97. The Hall–Kier alpha value is -0.830. The van der Waals surface area contributed by atoms with Crippen LogP contribution in [0.4, 0.5) is 0 Å². The maximum Gasteiger partial charge on any atom is 0.304 e. The van der Waals surface area contributed by atoms with Gasteiger partial charge < -0.3 is 10.4 Å². The summed E-state index contributed by atoms with van der Waals surface area (Å²) in [5.41, 5.74) is 0. The smallest absolute Gasteiger partial charge is 0.304 e. The largest absolute Gasteiger partial charge is 0.481 e. The van der Waals surface area contributed by atoms with Gasteiger partial charge in [0.1, 0.15) is 0 Å². The molecule has 0 spiro atoms. The van der Waals surface area contributed by atoms with Gasteiger partial charge in [0.25, 0.3) is 0 Å². The molecule has 2 rings (SSSR count). The number of fused-ring (bicyclic) bond motifs is 2. The van der Waals surface area contributed by atoms with E-state index in [0.29, 0.717) is 6.54 Å². The zero-order valence-corrected chi connectivity index (χ0v) is 8.28. The van der Waals surface area contributed by atoms with Crippen molar-refractivity contribution in [2.24, 2.45) is 17.8 Å². The molecule has 2 N–H and O–H groups in total. The molecule has 3 nitrogen and oxygen atoms in total. The Morgan fingerprint density at radius 1 is 1.43 bits per heavy atom. The number of carboxylic acid groups (broad SMARTS) is 1. The third-order valence-electron chi connectivity index (χ3n) is 3.34. The maximum atomic E-state index is 10.3. The number of carbonyl (C=O) groups is 1. The van der Waals surface area contributed by atoms with Gasteiger partial charge in [0, 0.05) is 6.54 Å². The minimum absolute atomic E-state index is 0.233. The van der Waals surface area contributed by atoms with Crippen molar-refractivity contribution >= 4 is 5.97 Å². The summed E-state index contributed by atoms with van der Waals surface area (Å²) in [4.78, 5) is 10.3. The second-order valence-electron chi connectivity index (χ2n) is 4.39. The van der Waals surface area contributed by atoms with Crippen LogP contribution in [0.25, 0.3) is 0 Å². The van der Waals surface area contributed by atoms with Gasteiger partial charge in [0.15, 0.2) is 0 Å². The van der Waals surface area contributed by atoms with E-state index in [9.17, 15) is 4.79 Å². The van der Waals surface area contributed by atoms with Gasteiger partial charge in [0.05, 0.1) is 6.42 Å². The summed E-state index contributed by atoms with van der Waals surface area (Å²) in [5.74, 6) is 1.60. The molecule has 1 saturated carbocycles. The van der Waals surface area contributed by atoms with Crippen LogP contribution in [0, 0.1) is 17.8 Å². The van der Waals surface area contributed by atoms with E-state index in [4.69, 9.17) is 5.11 Å². The average Bonchev–Trinajstić information content (AvgIpc) is 2.73. The van der Waals surface area contributed by atoms with E-state index in [1.54, 1.807) is 0 Å². The minimum Gasteiger partial charge on any atom is -0.481 e. The second-order valence-corrected chi connectivity index (χ2v) is 4.39. The maximum absolute atomic E-state index is 10.3. The van der Waals surface area contributed by atoms with E-state index in [1.807, 2.05) is 0 Å². The minimum atomic E-state index is -0.717. The van der Waals surface area contributed by atoms with Crippen molar-refractivity contribution in [3.63, 3.8) is 0 Å². The summed E-state index contributed by atoms with van der Waals surface area (Å²) in [6.45, 7) is 1.59. The quantitative estimate of drug-likeness (QED) is 0.513. The fraction of sp³-hybridized carbons (Fsp3) is 0.727. The van der Waals surface area contributed by atoms with Crippen LogP contribution in [0.3, 0.4) is 0 Å². The molecule has 2 bridgehead atoms. The Kier molecular flexibility index (Phi) is 2.87. The third kappa shape index (κ3) is 2.15. The molecule has 0 aromatic rings. The second kappa shape index (κ2) is 4.13. The Morgan fingerprint density at radius 2 is 2.29 bits per heavy atom. The molecule has 78 valence electrons. The highest BCUT2D eigenvalue weighted by atomic mass is 16.4. The molecule has 0 aliphatic heterocycles. The van der Waals surface area contributed by atoms with Gasteiger partial charge in [-0.05, 0) is 37.1 Å². The predicted molar refractivity (Wildman–Crippen MR) is 54.0 cm³/mol. The SMILES string of the molecule is O=C(O)CCNCC1CC2C=CC1C2. The first-order valence-corrected chi connectivity index (χ1v) is 5.36. The molecule has 3 unspecified atom stereocenters. The molecule has 0 saturated heterocycles. The molecule has 2 aliphatic carbocycles. The summed E-state index contributed by atoms with van der Waals surface area (Å²) in [7, 11) is 0. The average molecular weight is 195 g/mol. The van der Waals surface area contributed by atoms with Gasteiger partial charge in [-0.1, -0.05) is 12.2 Å². The summed E-state index contributed by atoms with van der Waals surface area (Å²) in [5, 5.41) is 11.7. The molecule has 0 aromatic heterocycles. The normalized spacial score (nSPS) is 33.9. The molecule has 1 fully saturated rings. The molecule has 3 heteroatoms. The molecule has 3 atom stereocenters. The fourth-order valence-corrected chi connectivity index (χ4v) is 2.61. The fourth-order valence-electron chi connectivity index (χ4n) is 2.61. The number of hydrogen-bond donors (Lipinski definition) is 2. The number of carboxylic acids is 1. The van der Waals surface area contributed by atoms with Gasteiger partial charge in [0.2, 0.25) is 0 Å². The Bertz CT molecular complexity index is 250. The van der Waals surface area contributed by atoms with E-state index < -0.39 is 5.97 Å². The van der Waals surface area contributed by atoms with Gasteiger partial charge in [-0.2, -0.15) is 0 Å². The van der Waals surface area contributed by atoms with Gasteiger partial charge in [-0.25, -0.2) is 0 Å². The van der Waals surface area contributed by atoms with E-state index in [-0.39, 0.29) is 6.42 Å². The van der Waals surface area contributed by atoms with Crippen LogP contribution in [0.15, 0.2) is 12.2 Å². The highest BCUT2D eigenvalue weighted by Crippen LogP contribution is 2.42. The Labute approximate surface area is 84.2 Å². The first-order valence-electron chi connectivity index (χ1n) is 5.36. The van der Waals surface area contributed by atoms with Crippen molar-refractivity contribution in [3.8, 4) is 0 Å². The summed E-state index contributed by atoms with van der Waals surface area (Å²) >= 11 is 0. The lowest BCUT2D eigenvalue weighted by molar-refractivity contribution is -0.136. The molecule has 2 aliphatic rings. The number of aliphatic carboxylic acids is 1. The highest BCUT2D eigenvalue weighted by molar-refractivity contribution is 5.66. The summed E-state index contributed by atoms with van der Waals surface area (Å²) in [6.07, 6.45) is 7.51. The zero-order valence-electron chi connectivity index (χ0n) is 8.28. The predicted octanol–water partition coefficient (Wildman–Crippen LogP) is 1.26. The first kappa shape index (κ1) is 9.71. The van der Waals surface area contributed by atoms with Crippen molar-refractivity contribution in [1.82, 2.24) is 5.32 Å². The first-order chi connectivity index (χ1) is 6.75. The standard InChI is InChI=1S/C11H17NO2/c13-11(14)3-4-12-7-10-6-8-1-2-9(10)5-8/h1-2,8-10,12H,3-7H2,(H,13,14). The van der Waals surface area contributed by atoms with E-state index in [1.165, 1.54) is 12.8 Å². The molecule has 0 aromatic carbocycles. The summed E-state index contributed by atoms with van der Waals surface area (Å²) < 4.78 is 0. The van der Waals surface area contributed by atoms with Crippen molar-refractivity contribution in [1.29, 1.82) is 0 Å². The van der Waals surface area contributed by atoms with Crippen LogP contribution in [-0.2, 0) is 4.79 Å². The van der Waals surface area contributed by atoms with Crippen LogP contribution >= 0.6 is 0 Å². The number of allylic oxidation sites excluding steroid dienone is 2.